The van der Waals surface area contributed by atoms with Crippen molar-refractivity contribution >= 4 is 12.0 Å². The molecule has 0 bridgehead atoms. The Hall–Kier alpha value is -2.91. The van der Waals surface area contributed by atoms with Crippen LogP contribution < -0.4 is 5.32 Å². The molecule has 2 rings (SSSR count). The van der Waals surface area contributed by atoms with Crippen molar-refractivity contribution in [3.63, 3.8) is 0 Å². The van der Waals surface area contributed by atoms with E-state index in [0.29, 0.717) is 11.5 Å². The summed E-state index contributed by atoms with van der Waals surface area (Å²) in [5, 5.41) is 17.9. The van der Waals surface area contributed by atoms with Crippen LogP contribution in [0, 0.1) is 0 Å². The summed E-state index contributed by atoms with van der Waals surface area (Å²) < 4.78 is 0. The van der Waals surface area contributed by atoms with Gasteiger partial charge in [0.1, 0.15) is 18.2 Å². The summed E-state index contributed by atoms with van der Waals surface area (Å²) in [6.45, 7) is 0.197. The number of nitrogens with zero attached hydrogens (tertiary/aromatic N) is 4. The maximum Gasteiger partial charge on any atom is 0.326 e. The van der Waals surface area contributed by atoms with Crippen LogP contribution in [0.5, 0.6) is 0 Å². The summed E-state index contributed by atoms with van der Waals surface area (Å²) in [5.41, 5.74) is 0.626. The number of amides is 2. The van der Waals surface area contributed by atoms with Crippen molar-refractivity contribution in [3.05, 3.63) is 30.4 Å². The van der Waals surface area contributed by atoms with E-state index in [1.807, 2.05) is 0 Å². The van der Waals surface area contributed by atoms with Crippen molar-refractivity contribution in [1.29, 1.82) is 0 Å². The highest BCUT2D eigenvalue weighted by molar-refractivity contribution is 5.82. The minimum atomic E-state index is -1.12. The number of aliphatic carboxylic acids is 1. The highest BCUT2D eigenvalue weighted by Crippen LogP contribution is 2.01. The Bertz CT molecular complexity index is 581. The second-order valence-electron chi connectivity index (χ2n) is 4.41. The molecule has 2 aromatic heterocycles. The van der Waals surface area contributed by atoms with Gasteiger partial charge in [-0.2, -0.15) is 5.10 Å². The number of carboxylic acid groups (broad SMARTS) is 1. The Kier molecular flexibility index (Phi) is 4.49. The lowest BCUT2D eigenvalue weighted by Gasteiger charge is -2.20. The quantitative estimate of drug-likeness (QED) is 0.558. The summed E-state index contributed by atoms with van der Waals surface area (Å²) >= 11 is 0. The molecule has 0 saturated carbocycles. The molecule has 4 N–H and O–H groups in total. The van der Waals surface area contributed by atoms with Gasteiger partial charge in [-0.15, -0.1) is 0 Å². The minimum absolute atomic E-state index is 0.122. The summed E-state index contributed by atoms with van der Waals surface area (Å²) in [7, 11) is 1.53. The first kappa shape index (κ1) is 14.5. The van der Waals surface area contributed by atoms with Gasteiger partial charge in [-0.1, -0.05) is 0 Å². The molecule has 0 aliphatic rings. The fourth-order valence-corrected chi connectivity index (χ4v) is 1.68. The Morgan fingerprint density at radius 1 is 1.52 bits per heavy atom. The molecule has 0 aliphatic heterocycles. The zero-order valence-electron chi connectivity index (χ0n) is 11.3. The average Bonchev–Trinajstić information content (AvgIpc) is 3.10. The number of carbonyl (C=O) groups excluding carboxylic acids is 1. The number of imidazole rings is 1. The molecule has 2 heterocycles. The van der Waals surface area contributed by atoms with Gasteiger partial charge in [0.25, 0.3) is 0 Å². The average molecular weight is 293 g/mol. The van der Waals surface area contributed by atoms with Crippen LogP contribution in [0.2, 0.25) is 0 Å². The van der Waals surface area contributed by atoms with Gasteiger partial charge < -0.3 is 20.3 Å². The number of aromatic amines is 2. The van der Waals surface area contributed by atoms with E-state index in [1.165, 1.54) is 30.8 Å². The molecule has 10 nitrogen and oxygen atoms in total. The van der Waals surface area contributed by atoms with Crippen LogP contribution in [0.15, 0.2) is 18.9 Å². The third-order valence-electron chi connectivity index (χ3n) is 2.77. The maximum absolute atomic E-state index is 12.0. The van der Waals surface area contributed by atoms with E-state index in [2.05, 4.69) is 30.5 Å². The standard InChI is InChI=1S/C11H15N7O3/c1-18(4-9-14-6-15-17-9)11(21)16-8(10(19)20)2-7-3-12-5-13-7/h3,5-6,8H,2,4H2,1H3,(H,12,13)(H,16,21)(H,19,20)(H,14,15,17). The summed E-state index contributed by atoms with van der Waals surface area (Å²) in [6, 6.07) is -1.56. The second-order valence-corrected chi connectivity index (χ2v) is 4.41. The molecule has 0 spiro atoms. The fourth-order valence-electron chi connectivity index (χ4n) is 1.68. The van der Waals surface area contributed by atoms with Crippen LogP contribution >= 0.6 is 0 Å². The molecule has 10 heteroatoms. The maximum atomic E-state index is 12.0. The molecule has 2 amide bonds. The van der Waals surface area contributed by atoms with Gasteiger partial charge in [-0.25, -0.2) is 19.6 Å². The summed E-state index contributed by atoms with van der Waals surface area (Å²) in [6.07, 6.45) is 4.42. The lowest BCUT2D eigenvalue weighted by Crippen LogP contribution is -2.47. The monoisotopic (exact) mass is 293 g/mol. The molecule has 0 aromatic carbocycles. The van der Waals surface area contributed by atoms with E-state index in [4.69, 9.17) is 5.11 Å². The van der Waals surface area contributed by atoms with Crippen molar-refractivity contribution in [2.75, 3.05) is 7.05 Å². The predicted molar refractivity (Wildman–Crippen MR) is 70.1 cm³/mol. The number of aromatic nitrogens is 5. The van der Waals surface area contributed by atoms with E-state index in [0.717, 1.165) is 0 Å². The summed E-state index contributed by atoms with van der Waals surface area (Å²) in [4.78, 5) is 35.0. The van der Waals surface area contributed by atoms with Crippen LogP contribution in [0.25, 0.3) is 0 Å². The van der Waals surface area contributed by atoms with Crippen molar-refractivity contribution in [2.45, 2.75) is 19.0 Å². The molecular weight excluding hydrogens is 278 g/mol. The largest absolute Gasteiger partial charge is 0.480 e. The van der Waals surface area contributed by atoms with E-state index < -0.39 is 18.0 Å². The third-order valence-corrected chi connectivity index (χ3v) is 2.77. The zero-order chi connectivity index (χ0) is 15.2. The highest BCUT2D eigenvalue weighted by Gasteiger charge is 2.23. The summed E-state index contributed by atoms with van der Waals surface area (Å²) in [5.74, 6) is -0.612. The second kappa shape index (κ2) is 6.50. The molecule has 0 fully saturated rings. The number of carbonyl (C=O) groups is 2. The predicted octanol–water partition coefficient (Wildman–Crippen LogP) is -0.635. The highest BCUT2D eigenvalue weighted by atomic mass is 16.4. The van der Waals surface area contributed by atoms with Crippen molar-refractivity contribution in [1.82, 2.24) is 35.4 Å². The Labute approximate surface area is 119 Å². The van der Waals surface area contributed by atoms with Crippen molar-refractivity contribution < 1.29 is 14.7 Å². The van der Waals surface area contributed by atoms with Crippen molar-refractivity contribution in [2.24, 2.45) is 0 Å². The van der Waals surface area contributed by atoms with Crippen LogP contribution in [-0.4, -0.2) is 60.2 Å². The molecule has 112 valence electrons. The fraction of sp³-hybridized carbons (Fsp3) is 0.364. The number of rotatable bonds is 6. The molecule has 0 aliphatic carbocycles. The van der Waals surface area contributed by atoms with Gasteiger partial charge >= 0.3 is 12.0 Å². The Morgan fingerprint density at radius 3 is 2.90 bits per heavy atom. The first-order valence-corrected chi connectivity index (χ1v) is 6.12. The molecule has 1 unspecified atom stereocenters. The third kappa shape index (κ3) is 4.03. The van der Waals surface area contributed by atoms with E-state index in [9.17, 15) is 9.59 Å². The number of carboxylic acids is 1. The number of H-pyrrole nitrogens is 2. The minimum Gasteiger partial charge on any atom is -0.480 e. The normalized spacial score (nSPS) is 11.9. The van der Waals surface area contributed by atoms with E-state index in [-0.39, 0.29) is 13.0 Å². The Balaban J connectivity index is 1.92. The molecule has 21 heavy (non-hydrogen) atoms. The van der Waals surface area contributed by atoms with Gasteiger partial charge in [-0.05, 0) is 0 Å². The molecule has 0 radical (unpaired) electrons. The SMILES string of the molecule is CN(Cc1ncn[nH]1)C(=O)NC(Cc1cnc[nH]1)C(=O)O. The molecule has 0 saturated heterocycles. The smallest absolute Gasteiger partial charge is 0.326 e. The lowest BCUT2D eigenvalue weighted by molar-refractivity contribution is -0.139. The molecule has 1 atom stereocenters. The van der Waals surface area contributed by atoms with E-state index >= 15 is 0 Å². The number of hydrogen-bond donors (Lipinski definition) is 4. The number of hydrogen-bond acceptors (Lipinski definition) is 5. The first-order valence-electron chi connectivity index (χ1n) is 6.12. The van der Waals surface area contributed by atoms with Gasteiger partial charge in [0, 0.05) is 25.4 Å². The molecular formula is C11H15N7O3. The van der Waals surface area contributed by atoms with Gasteiger partial charge in [0.2, 0.25) is 0 Å². The van der Waals surface area contributed by atoms with Crippen LogP contribution in [0.1, 0.15) is 11.5 Å². The molecule has 2 aromatic rings. The van der Waals surface area contributed by atoms with Crippen LogP contribution in [0.3, 0.4) is 0 Å². The number of urea groups is 1. The number of nitrogens with one attached hydrogen (secondary N) is 3. The first-order chi connectivity index (χ1) is 10.1. The topological polar surface area (TPSA) is 140 Å². The van der Waals surface area contributed by atoms with Crippen LogP contribution in [0.4, 0.5) is 4.79 Å². The van der Waals surface area contributed by atoms with Gasteiger partial charge in [0.05, 0.1) is 12.9 Å². The van der Waals surface area contributed by atoms with E-state index in [1.54, 1.807) is 0 Å². The van der Waals surface area contributed by atoms with Gasteiger partial charge in [0.15, 0.2) is 0 Å². The van der Waals surface area contributed by atoms with Crippen LogP contribution in [-0.2, 0) is 17.8 Å². The zero-order valence-corrected chi connectivity index (χ0v) is 11.3. The van der Waals surface area contributed by atoms with Crippen molar-refractivity contribution in [3.8, 4) is 0 Å². The Morgan fingerprint density at radius 2 is 2.33 bits per heavy atom. The van der Waals surface area contributed by atoms with Gasteiger partial charge in [-0.3, -0.25) is 5.10 Å². The lowest BCUT2D eigenvalue weighted by atomic mass is 10.1.